The Morgan fingerprint density at radius 1 is 1.31 bits per heavy atom. The lowest BCUT2D eigenvalue weighted by atomic mass is 10.0. The Labute approximate surface area is 197 Å². The second kappa shape index (κ2) is 8.13. The van der Waals surface area contributed by atoms with Crippen molar-refractivity contribution in [1.29, 1.82) is 5.26 Å². The molecule has 0 aliphatic carbocycles. The Balaban J connectivity index is 1.46. The molecule has 0 aromatic carbocycles. The van der Waals surface area contributed by atoms with Gasteiger partial charge in [-0.15, -0.1) is 0 Å². The topological polar surface area (TPSA) is 166 Å². The lowest BCUT2D eigenvalue weighted by molar-refractivity contribution is -0.135. The summed E-state index contributed by atoms with van der Waals surface area (Å²) in [5.74, 6) is -1.70. The minimum atomic E-state index is -3.80. The van der Waals surface area contributed by atoms with Gasteiger partial charge in [-0.25, -0.2) is 27.8 Å². The molecule has 0 atom stereocenters. The number of fused-ring (bicyclic) bond motifs is 2. The number of amides is 2. The Morgan fingerprint density at radius 2 is 2.09 bits per heavy atom. The fourth-order valence-corrected chi connectivity index (χ4v) is 4.55. The van der Waals surface area contributed by atoms with E-state index in [9.17, 15) is 22.4 Å². The second-order valence-electron chi connectivity index (χ2n) is 8.08. The number of imidazole rings is 1. The molecule has 0 radical (unpaired) electrons. The van der Waals surface area contributed by atoms with Crippen LogP contribution in [0.15, 0.2) is 35.9 Å². The van der Waals surface area contributed by atoms with E-state index in [-0.39, 0.29) is 51.5 Å². The molecule has 2 amide bonds. The van der Waals surface area contributed by atoms with Crippen LogP contribution in [-0.4, -0.2) is 75.4 Å². The summed E-state index contributed by atoms with van der Waals surface area (Å²) in [4.78, 5) is 42.1. The first kappa shape index (κ1) is 22.4. The maximum atomic E-state index is 13.8. The minimum Gasteiger partial charge on any atom is -0.344 e. The minimum absolute atomic E-state index is 0.124. The zero-order valence-electron chi connectivity index (χ0n) is 18.2. The van der Waals surface area contributed by atoms with E-state index in [2.05, 4.69) is 31.3 Å². The van der Waals surface area contributed by atoms with Crippen molar-refractivity contribution in [3.8, 4) is 17.5 Å². The maximum Gasteiger partial charge on any atom is 0.255 e. The van der Waals surface area contributed by atoms with Crippen LogP contribution in [0.3, 0.4) is 0 Å². The highest BCUT2D eigenvalue weighted by molar-refractivity contribution is 7.90. The number of aromatic amines is 1. The van der Waals surface area contributed by atoms with E-state index in [0.29, 0.717) is 18.7 Å². The fraction of sp³-hybridized carbons (Fsp3) is 0.238. The van der Waals surface area contributed by atoms with Crippen molar-refractivity contribution in [2.45, 2.75) is 5.16 Å². The summed E-state index contributed by atoms with van der Waals surface area (Å²) in [7, 11) is -3.80. The normalized spacial score (nSPS) is 14.1. The first-order valence-corrected chi connectivity index (χ1v) is 12.2. The Hall–Kier alpha value is -4.38. The smallest absolute Gasteiger partial charge is 0.255 e. The summed E-state index contributed by atoms with van der Waals surface area (Å²) in [5.41, 5.74) is 1.21. The van der Waals surface area contributed by atoms with Crippen LogP contribution in [0.25, 0.3) is 28.1 Å². The van der Waals surface area contributed by atoms with Gasteiger partial charge < -0.3 is 15.2 Å². The summed E-state index contributed by atoms with van der Waals surface area (Å²) in [6, 6.07) is 4.62. The maximum absolute atomic E-state index is 13.8. The van der Waals surface area contributed by atoms with Crippen LogP contribution >= 0.6 is 0 Å². The first-order chi connectivity index (χ1) is 16.7. The quantitative estimate of drug-likeness (QED) is 0.403. The van der Waals surface area contributed by atoms with Crippen LogP contribution in [-0.2, 0) is 14.6 Å². The van der Waals surface area contributed by atoms with Gasteiger partial charge in [0, 0.05) is 31.7 Å². The summed E-state index contributed by atoms with van der Waals surface area (Å²) >= 11 is 0. The fourth-order valence-electron chi connectivity index (χ4n) is 3.79. The van der Waals surface area contributed by atoms with Gasteiger partial charge in [-0.2, -0.15) is 5.26 Å². The highest BCUT2D eigenvalue weighted by atomic mass is 32.2. The predicted molar refractivity (Wildman–Crippen MR) is 119 cm³/mol. The molecule has 0 spiro atoms. The number of H-pyrrole nitrogens is 1. The lowest BCUT2D eigenvalue weighted by Gasteiger charge is -2.35. The van der Waals surface area contributed by atoms with Crippen LogP contribution in [0.5, 0.6) is 0 Å². The van der Waals surface area contributed by atoms with Gasteiger partial charge in [0.2, 0.25) is 20.9 Å². The van der Waals surface area contributed by atoms with E-state index in [1.54, 1.807) is 0 Å². The molecule has 35 heavy (non-hydrogen) atoms. The Kier molecular flexibility index (Phi) is 5.21. The van der Waals surface area contributed by atoms with Crippen molar-refractivity contribution in [3.05, 3.63) is 42.1 Å². The van der Waals surface area contributed by atoms with E-state index in [0.717, 1.165) is 16.9 Å². The lowest BCUT2D eigenvalue weighted by Crippen LogP contribution is -2.52. The molecule has 0 unspecified atom stereocenters. The van der Waals surface area contributed by atoms with Crippen LogP contribution in [0.4, 0.5) is 4.39 Å². The first-order valence-electron chi connectivity index (χ1n) is 10.3. The molecular formula is C21H17FN8O4S. The summed E-state index contributed by atoms with van der Waals surface area (Å²) < 4.78 is 39.3. The largest absolute Gasteiger partial charge is 0.344 e. The SMILES string of the molecule is CS(=O)(=O)c1nc(-c2cnc3[nH]cc(C(=O)NCC(=O)N4CC(C#N)C4)c3n2)c2ccc(F)cn12. The third-order valence-electron chi connectivity index (χ3n) is 5.59. The van der Waals surface area contributed by atoms with Gasteiger partial charge in [0.1, 0.15) is 22.7 Å². The Morgan fingerprint density at radius 3 is 2.80 bits per heavy atom. The van der Waals surface area contributed by atoms with E-state index >= 15 is 0 Å². The third kappa shape index (κ3) is 3.95. The molecule has 12 nitrogen and oxygen atoms in total. The highest BCUT2D eigenvalue weighted by Crippen LogP contribution is 2.27. The number of likely N-dealkylation sites (tertiary alicyclic amines) is 1. The van der Waals surface area contributed by atoms with Crippen molar-refractivity contribution in [3.63, 3.8) is 0 Å². The Bertz CT molecular complexity index is 1660. The molecule has 0 saturated carbocycles. The van der Waals surface area contributed by atoms with Crippen LogP contribution in [0.1, 0.15) is 10.4 Å². The third-order valence-corrected chi connectivity index (χ3v) is 6.54. The molecule has 1 saturated heterocycles. The average Bonchev–Trinajstić information content (AvgIpc) is 3.37. The van der Waals surface area contributed by atoms with Gasteiger partial charge in [0.05, 0.1) is 35.8 Å². The van der Waals surface area contributed by atoms with Gasteiger partial charge in [-0.1, -0.05) is 0 Å². The molecule has 4 aromatic rings. The van der Waals surface area contributed by atoms with Gasteiger partial charge >= 0.3 is 0 Å². The molecule has 5 heterocycles. The molecule has 2 N–H and O–H groups in total. The second-order valence-corrected chi connectivity index (χ2v) is 9.99. The van der Waals surface area contributed by atoms with Gasteiger partial charge in [0.25, 0.3) is 5.91 Å². The number of hydrogen-bond donors (Lipinski definition) is 2. The summed E-state index contributed by atoms with van der Waals surface area (Å²) in [5, 5.41) is 11.0. The average molecular weight is 496 g/mol. The number of hydrogen-bond acceptors (Lipinski definition) is 8. The monoisotopic (exact) mass is 496 g/mol. The molecule has 1 aliphatic rings. The molecule has 5 rings (SSSR count). The van der Waals surface area contributed by atoms with Crippen LogP contribution < -0.4 is 5.32 Å². The van der Waals surface area contributed by atoms with Crippen molar-refractivity contribution in [1.82, 2.24) is 34.6 Å². The number of nitrogens with one attached hydrogen (secondary N) is 2. The standard InChI is InChI=1S/C21H17FN8O4S/c1-35(33,34)21-28-18(15-3-2-12(22)10-30(15)21)14-6-25-19-17(27-14)13(5-24-19)20(32)26-7-16(31)29-8-11(4-23)9-29/h2-3,5-6,10-11H,7-9H2,1H3,(H,24,25)(H,26,32). The highest BCUT2D eigenvalue weighted by Gasteiger charge is 2.30. The van der Waals surface area contributed by atoms with Crippen LogP contribution in [0, 0.1) is 23.1 Å². The molecule has 178 valence electrons. The number of sulfone groups is 1. The number of pyridine rings is 1. The number of rotatable bonds is 5. The molecular weight excluding hydrogens is 479 g/mol. The number of nitrogens with zero attached hydrogens (tertiary/aromatic N) is 6. The van der Waals surface area contributed by atoms with Crippen molar-refractivity contribution >= 4 is 38.3 Å². The summed E-state index contributed by atoms with van der Waals surface area (Å²) in [6.07, 6.45) is 4.72. The predicted octanol–water partition coefficient (Wildman–Crippen LogP) is 0.527. The molecule has 0 bridgehead atoms. The number of aromatic nitrogens is 5. The van der Waals surface area contributed by atoms with E-state index in [4.69, 9.17) is 5.26 Å². The molecule has 1 fully saturated rings. The zero-order valence-corrected chi connectivity index (χ0v) is 19.0. The molecule has 14 heteroatoms. The van der Waals surface area contributed by atoms with E-state index in [1.807, 2.05) is 0 Å². The van der Waals surface area contributed by atoms with Gasteiger partial charge in [-0.3, -0.25) is 14.0 Å². The number of halogens is 1. The number of carbonyl (C=O) groups excluding carboxylic acids is 2. The van der Waals surface area contributed by atoms with Crippen molar-refractivity contribution in [2.24, 2.45) is 5.92 Å². The number of carbonyl (C=O) groups is 2. The summed E-state index contributed by atoms with van der Waals surface area (Å²) in [6.45, 7) is 0.432. The van der Waals surface area contributed by atoms with Crippen molar-refractivity contribution < 1.29 is 22.4 Å². The van der Waals surface area contributed by atoms with Gasteiger partial charge in [-0.05, 0) is 12.1 Å². The van der Waals surface area contributed by atoms with E-state index < -0.39 is 21.6 Å². The van der Waals surface area contributed by atoms with Gasteiger partial charge in [0.15, 0.2) is 5.65 Å². The van der Waals surface area contributed by atoms with Crippen LogP contribution in [0.2, 0.25) is 0 Å². The zero-order chi connectivity index (χ0) is 24.9. The van der Waals surface area contributed by atoms with E-state index in [1.165, 1.54) is 29.4 Å². The van der Waals surface area contributed by atoms with Crippen molar-refractivity contribution in [2.75, 3.05) is 25.9 Å². The molecule has 1 aliphatic heterocycles. The number of nitriles is 1. The molecule has 4 aromatic heterocycles.